The van der Waals surface area contributed by atoms with Crippen LogP contribution in [0.25, 0.3) is 11.3 Å². The van der Waals surface area contributed by atoms with Crippen LogP contribution in [0.2, 0.25) is 0 Å². The molecule has 0 amide bonds. The van der Waals surface area contributed by atoms with Crippen LogP contribution in [0, 0.1) is 5.82 Å². The SMILES string of the molecule is CS(=O)(=O)c1ccc(-c2nc(NCc3ccco3)ccc2F)cc1. The van der Waals surface area contributed by atoms with Crippen molar-refractivity contribution >= 4 is 15.7 Å². The number of benzene rings is 1. The second-order valence-electron chi connectivity index (χ2n) is 5.26. The van der Waals surface area contributed by atoms with Gasteiger partial charge in [-0.1, -0.05) is 12.1 Å². The van der Waals surface area contributed by atoms with E-state index in [0.717, 1.165) is 12.0 Å². The van der Waals surface area contributed by atoms with Crippen molar-refractivity contribution in [2.24, 2.45) is 0 Å². The Morgan fingerprint density at radius 2 is 1.88 bits per heavy atom. The molecule has 1 N–H and O–H groups in total. The van der Waals surface area contributed by atoms with E-state index >= 15 is 0 Å². The fraction of sp³-hybridized carbons (Fsp3) is 0.118. The Hall–Kier alpha value is -2.67. The van der Waals surface area contributed by atoms with Crippen LogP contribution in [0.3, 0.4) is 0 Å². The van der Waals surface area contributed by atoms with Gasteiger partial charge >= 0.3 is 0 Å². The lowest BCUT2D eigenvalue weighted by atomic mass is 10.1. The lowest BCUT2D eigenvalue weighted by molar-refractivity contribution is 0.518. The van der Waals surface area contributed by atoms with Gasteiger partial charge in [-0.15, -0.1) is 0 Å². The molecular formula is C17H15FN2O3S. The molecule has 7 heteroatoms. The third-order valence-electron chi connectivity index (χ3n) is 3.43. The second-order valence-corrected chi connectivity index (χ2v) is 7.27. The van der Waals surface area contributed by atoms with Gasteiger partial charge in [0.25, 0.3) is 0 Å². The summed E-state index contributed by atoms with van der Waals surface area (Å²) in [5.74, 6) is 0.751. The van der Waals surface area contributed by atoms with Crippen LogP contribution >= 0.6 is 0 Å². The summed E-state index contributed by atoms with van der Waals surface area (Å²) in [4.78, 5) is 4.44. The minimum absolute atomic E-state index is 0.152. The number of hydrogen-bond donors (Lipinski definition) is 1. The molecule has 0 aliphatic carbocycles. The van der Waals surface area contributed by atoms with Gasteiger partial charge in [0.05, 0.1) is 17.7 Å². The first-order valence-corrected chi connectivity index (χ1v) is 9.06. The van der Waals surface area contributed by atoms with Gasteiger partial charge in [-0.05, 0) is 36.4 Å². The molecule has 0 aliphatic heterocycles. The number of sulfone groups is 1. The monoisotopic (exact) mass is 346 g/mol. The van der Waals surface area contributed by atoms with Crippen LogP contribution in [-0.2, 0) is 16.4 Å². The van der Waals surface area contributed by atoms with E-state index in [0.29, 0.717) is 17.9 Å². The first-order chi connectivity index (χ1) is 11.4. The first-order valence-electron chi connectivity index (χ1n) is 7.17. The normalized spacial score (nSPS) is 11.4. The van der Waals surface area contributed by atoms with Crippen molar-refractivity contribution in [1.29, 1.82) is 0 Å². The van der Waals surface area contributed by atoms with Crippen LogP contribution in [0.15, 0.2) is 64.1 Å². The Morgan fingerprint density at radius 1 is 1.12 bits per heavy atom. The van der Waals surface area contributed by atoms with Crippen LogP contribution in [0.5, 0.6) is 0 Å². The van der Waals surface area contributed by atoms with E-state index in [1.165, 1.54) is 36.4 Å². The fourth-order valence-corrected chi connectivity index (χ4v) is 2.82. The molecule has 2 aromatic heterocycles. The maximum atomic E-state index is 14.1. The van der Waals surface area contributed by atoms with Crippen LogP contribution in [0.4, 0.5) is 10.2 Å². The molecule has 2 heterocycles. The highest BCUT2D eigenvalue weighted by Crippen LogP contribution is 2.24. The van der Waals surface area contributed by atoms with E-state index in [1.807, 2.05) is 6.07 Å². The van der Waals surface area contributed by atoms with Gasteiger partial charge in [0.2, 0.25) is 0 Å². The van der Waals surface area contributed by atoms with Crippen molar-refractivity contribution in [2.45, 2.75) is 11.4 Å². The molecule has 3 rings (SSSR count). The van der Waals surface area contributed by atoms with Crippen molar-refractivity contribution < 1.29 is 17.2 Å². The molecule has 0 atom stereocenters. The summed E-state index contributed by atoms with van der Waals surface area (Å²) in [7, 11) is -3.29. The molecule has 0 saturated carbocycles. The van der Waals surface area contributed by atoms with Gasteiger partial charge < -0.3 is 9.73 Å². The average Bonchev–Trinajstić information content (AvgIpc) is 3.07. The summed E-state index contributed by atoms with van der Waals surface area (Å²) in [6.07, 6.45) is 2.70. The van der Waals surface area contributed by atoms with Crippen LogP contribution in [0.1, 0.15) is 5.76 Å². The van der Waals surface area contributed by atoms with E-state index in [9.17, 15) is 12.8 Å². The Morgan fingerprint density at radius 3 is 2.50 bits per heavy atom. The Balaban J connectivity index is 1.86. The number of nitrogens with zero attached hydrogens (tertiary/aromatic N) is 1. The smallest absolute Gasteiger partial charge is 0.175 e. The average molecular weight is 346 g/mol. The molecule has 0 radical (unpaired) electrons. The number of nitrogens with one attached hydrogen (secondary N) is 1. The second kappa shape index (κ2) is 6.45. The summed E-state index contributed by atoms with van der Waals surface area (Å²) in [6, 6.07) is 12.4. The lowest BCUT2D eigenvalue weighted by Crippen LogP contribution is -2.02. The maximum Gasteiger partial charge on any atom is 0.175 e. The van der Waals surface area contributed by atoms with Gasteiger partial charge in [-0.25, -0.2) is 17.8 Å². The number of rotatable bonds is 5. The van der Waals surface area contributed by atoms with Gasteiger partial charge in [-0.2, -0.15) is 0 Å². The fourth-order valence-electron chi connectivity index (χ4n) is 2.19. The zero-order valence-electron chi connectivity index (χ0n) is 12.9. The van der Waals surface area contributed by atoms with Gasteiger partial charge in [0, 0.05) is 11.8 Å². The van der Waals surface area contributed by atoms with Crippen molar-refractivity contribution in [3.05, 3.63) is 66.4 Å². The topological polar surface area (TPSA) is 72.2 Å². The molecule has 124 valence electrons. The lowest BCUT2D eigenvalue weighted by Gasteiger charge is -2.08. The standard InChI is InChI=1S/C17H15FN2O3S/c1-24(21,22)14-6-4-12(5-7-14)17-15(18)8-9-16(20-17)19-11-13-3-2-10-23-13/h2-10H,11H2,1H3,(H,19,20). The number of hydrogen-bond acceptors (Lipinski definition) is 5. The minimum atomic E-state index is -3.29. The number of anilines is 1. The third kappa shape index (κ3) is 3.62. The quantitative estimate of drug-likeness (QED) is 0.765. The van der Waals surface area contributed by atoms with Crippen LogP contribution in [-0.4, -0.2) is 19.7 Å². The summed E-state index contributed by atoms with van der Waals surface area (Å²) < 4.78 is 42.3. The summed E-state index contributed by atoms with van der Waals surface area (Å²) >= 11 is 0. The highest BCUT2D eigenvalue weighted by atomic mass is 32.2. The summed E-state index contributed by atoms with van der Waals surface area (Å²) in [5.41, 5.74) is 0.654. The van der Waals surface area contributed by atoms with Crippen LogP contribution < -0.4 is 5.32 Å². The van der Waals surface area contributed by atoms with E-state index in [2.05, 4.69) is 10.3 Å². The van der Waals surface area contributed by atoms with E-state index in [4.69, 9.17) is 4.42 Å². The molecule has 0 aliphatic rings. The molecule has 24 heavy (non-hydrogen) atoms. The van der Waals surface area contributed by atoms with E-state index in [-0.39, 0.29) is 10.6 Å². The number of furan rings is 1. The Kier molecular flexibility index (Phi) is 4.35. The first kappa shape index (κ1) is 16.2. The predicted molar refractivity (Wildman–Crippen MR) is 88.8 cm³/mol. The Labute approximate surface area is 139 Å². The number of halogens is 1. The third-order valence-corrected chi connectivity index (χ3v) is 4.55. The molecular weight excluding hydrogens is 331 g/mol. The zero-order valence-corrected chi connectivity index (χ0v) is 13.7. The van der Waals surface area contributed by atoms with Crippen molar-refractivity contribution in [1.82, 2.24) is 4.98 Å². The molecule has 0 unspecified atom stereocenters. The summed E-state index contributed by atoms with van der Waals surface area (Å²) in [6.45, 7) is 0.429. The Bertz CT molecular complexity index is 936. The molecule has 0 saturated heterocycles. The number of pyridine rings is 1. The molecule has 1 aromatic carbocycles. The molecule has 5 nitrogen and oxygen atoms in total. The van der Waals surface area contributed by atoms with Gasteiger partial charge in [-0.3, -0.25) is 0 Å². The zero-order chi connectivity index (χ0) is 17.2. The maximum absolute atomic E-state index is 14.1. The summed E-state index contributed by atoms with van der Waals surface area (Å²) in [5, 5.41) is 3.05. The van der Waals surface area contributed by atoms with Crippen molar-refractivity contribution in [3.63, 3.8) is 0 Å². The molecule has 0 fully saturated rings. The molecule has 3 aromatic rings. The molecule has 0 bridgehead atoms. The predicted octanol–water partition coefficient (Wildman–Crippen LogP) is 3.50. The highest BCUT2D eigenvalue weighted by Gasteiger charge is 2.11. The minimum Gasteiger partial charge on any atom is -0.467 e. The highest BCUT2D eigenvalue weighted by molar-refractivity contribution is 7.90. The molecule has 0 spiro atoms. The van der Waals surface area contributed by atoms with Crippen molar-refractivity contribution in [3.8, 4) is 11.3 Å². The van der Waals surface area contributed by atoms with Gasteiger partial charge in [0.1, 0.15) is 23.1 Å². The van der Waals surface area contributed by atoms with E-state index in [1.54, 1.807) is 12.3 Å². The largest absolute Gasteiger partial charge is 0.467 e. The van der Waals surface area contributed by atoms with Gasteiger partial charge in [0.15, 0.2) is 9.84 Å². The van der Waals surface area contributed by atoms with Crippen molar-refractivity contribution in [2.75, 3.05) is 11.6 Å². The number of aromatic nitrogens is 1. The van der Waals surface area contributed by atoms with E-state index < -0.39 is 15.7 Å².